The molecule has 0 spiro atoms. The number of nitrogens with one attached hydrogen (secondary N) is 1. The van der Waals surface area contributed by atoms with E-state index in [1.165, 1.54) is 5.56 Å². The minimum atomic E-state index is -0.561. The van der Waals surface area contributed by atoms with Crippen LogP contribution >= 0.6 is 0 Å². The molecule has 1 aromatic carbocycles. The van der Waals surface area contributed by atoms with Gasteiger partial charge < -0.3 is 19.7 Å². The van der Waals surface area contributed by atoms with Gasteiger partial charge in [0.2, 0.25) is 5.91 Å². The van der Waals surface area contributed by atoms with E-state index in [1.54, 1.807) is 11.8 Å². The number of amides is 1. The molecular formula is C23H23N5O3. The summed E-state index contributed by atoms with van der Waals surface area (Å²) in [5.41, 5.74) is 5.54. The Morgan fingerprint density at radius 1 is 1.29 bits per heavy atom. The number of carbonyl (C=O) groups excluding carboxylic acids is 1. The van der Waals surface area contributed by atoms with Gasteiger partial charge in [-0.2, -0.15) is 0 Å². The van der Waals surface area contributed by atoms with E-state index in [-0.39, 0.29) is 11.9 Å². The van der Waals surface area contributed by atoms with Crippen LogP contribution in [0.2, 0.25) is 0 Å². The number of carbonyl (C=O) groups is 1. The molecule has 2 atom stereocenters. The third kappa shape index (κ3) is 2.82. The predicted molar refractivity (Wildman–Crippen MR) is 115 cm³/mol. The Labute approximate surface area is 178 Å². The van der Waals surface area contributed by atoms with Gasteiger partial charge in [-0.15, -0.1) is 0 Å². The Kier molecular flexibility index (Phi) is 4.04. The van der Waals surface area contributed by atoms with E-state index in [1.807, 2.05) is 30.6 Å². The van der Waals surface area contributed by atoms with Crippen molar-refractivity contribution in [3.63, 3.8) is 0 Å². The van der Waals surface area contributed by atoms with Gasteiger partial charge in [0.05, 0.1) is 41.7 Å². The van der Waals surface area contributed by atoms with Gasteiger partial charge in [-0.1, -0.05) is 0 Å². The number of ether oxygens (including phenoxy) is 1. The SMILES string of the molecule is CC(=O)N1C[C@H](O)CC1c1nc(-c2ccc3c(c2)CCCO3)c2cnc3[nH]ccc3n12. The predicted octanol–water partition coefficient (Wildman–Crippen LogP) is 2.86. The number of H-pyrrole nitrogens is 1. The summed E-state index contributed by atoms with van der Waals surface area (Å²) in [4.78, 5) is 26.8. The second-order valence-corrected chi connectivity index (χ2v) is 8.36. The molecule has 6 rings (SSSR count). The van der Waals surface area contributed by atoms with Gasteiger partial charge in [-0.3, -0.25) is 9.20 Å². The summed E-state index contributed by atoms with van der Waals surface area (Å²) < 4.78 is 7.85. The summed E-state index contributed by atoms with van der Waals surface area (Å²) in [7, 11) is 0. The summed E-state index contributed by atoms with van der Waals surface area (Å²) in [5, 5.41) is 10.3. The van der Waals surface area contributed by atoms with Crippen LogP contribution in [0, 0.1) is 0 Å². The van der Waals surface area contributed by atoms with Gasteiger partial charge in [0.25, 0.3) is 0 Å². The molecule has 31 heavy (non-hydrogen) atoms. The van der Waals surface area contributed by atoms with E-state index in [9.17, 15) is 9.90 Å². The number of hydrogen-bond acceptors (Lipinski definition) is 5. The first-order chi connectivity index (χ1) is 15.1. The van der Waals surface area contributed by atoms with Crippen LogP contribution in [-0.2, 0) is 11.2 Å². The van der Waals surface area contributed by atoms with Gasteiger partial charge in [0.1, 0.15) is 11.6 Å². The van der Waals surface area contributed by atoms with Gasteiger partial charge in [0, 0.05) is 31.6 Å². The quantitative estimate of drug-likeness (QED) is 0.523. The number of imidazole rings is 1. The molecule has 1 unspecified atom stereocenters. The van der Waals surface area contributed by atoms with E-state index in [0.29, 0.717) is 13.0 Å². The van der Waals surface area contributed by atoms with E-state index in [4.69, 9.17) is 9.72 Å². The van der Waals surface area contributed by atoms with Crippen molar-refractivity contribution in [2.75, 3.05) is 13.2 Å². The average Bonchev–Trinajstić information content (AvgIpc) is 3.48. The van der Waals surface area contributed by atoms with Crippen molar-refractivity contribution >= 4 is 22.6 Å². The van der Waals surface area contributed by atoms with E-state index in [0.717, 1.165) is 59.0 Å². The minimum absolute atomic E-state index is 0.0647. The fourth-order valence-corrected chi connectivity index (χ4v) is 4.94. The van der Waals surface area contributed by atoms with Gasteiger partial charge in [-0.05, 0) is 42.7 Å². The number of hydrogen-bond donors (Lipinski definition) is 2. The lowest BCUT2D eigenvalue weighted by Gasteiger charge is -2.22. The number of aromatic nitrogens is 4. The first kappa shape index (κ1) is 18.4. The number of fused-ring (bicyclic) bond motifs is 4. The molecule has 3 aromatic heterocycles. The maximum Gasteiger partial charge on any atom is 0.220 e. The first-order valence-corrected chi connectivity index (χ1v) is 10.7. The third-order valence-electron chi connectivity index (χ3n) is 6.36. The summed E-state index contributed by atoms with van der Waals surface area (Å²) in [6, 6.07) is 7.86. The summed E-state index contributed by atoms with van der Waals surface area (Å²) in [5.74, 6) is 1.62. The van der Waals surface area contributed by atoms with Crippen LogP contribution in [0.3, 0.4) is 0 Å². The Morgan fingerprint density at radius 3 is 3.06 bits per heavy atom. The van der Waals surface area contributed by atoms with Crippen LogP contribution in [0.4, 0.5) is 0 Å². The maximum absolute atomic E-state index is 12.3. The third-order valence-corrected chi connectivity index (χ3v) is 6.36. The van der Waals surface area contributed by atoms with Crippen LogP contribution in [0.1, 0.15) is 37.2 Å². The van der Waals surface area contributed by atoms with E-state index >= 15 is 0 Å². The summed E-state index contributed by atoms with van der Waals surface area (Å²) >= 11 is 0. The molecule has 2 aliphatic rings. The summed E-state index contributed by atoms with van der Waals surface area (Å²) in [6.07, 6.45) is 5.56. The van der Waals surface area contributed by atoms with Crippen LogP contribution in [0.25, 0.3) is 27.9 Å². The monoisotopic (exact) mass is 417 g/mol. The molecule has 2 N–H and O–H groups in total. The van der Waals surface area contributed by atoms with E-state index in [2.05, 4.69) is 20.4 Å². The summed E-state index contributed by atoms with van der Waals surface area (Å²) in [6.45, 7) is 2.62. The molecule has 0 bridgehead atoms. The van der Waals surface area contributed by atoms with Crippen molar-refractivity contribution in [1.29, 1.82) is 0 Å². The van der Waals surface area contributed by atoms with E-state index < -0.39 is 6.10 Å². The van der Waals surface area contributed by atoms with Crippen LogP contribution < -0.4 is 4.74 Å². The van der Waals surface area contributed by atoms with Crippen LogP contribution in [-0.4, -0.2) is 54.5 Å². The number of aromatic amines is 1. The minimum Gasteiger partial charge on any atom is -0.493 e. The average molecular weight is 417 g/mol. The zero-order valence-electron chi connectivity index (χ0n) is 17.2. The molecule has 158 valence electrons. The standard InChI is InChI=1S/C23H23N5O3/c1-13(29)27-12-16(30)10-18(27)23-26-21(15-4-5-20-14(9-15)3-2-8-31-20)19-11-25-22-17(28(19)23)6-7-24-22/h4-7,9,11,16,18,24,30H,2-3,8,10,12H2,1H3/t16-,18?/m1/s1. The molecule has 2 aliphatic heterocycles. The molecule has 8 heteroatoms. The molecule has 0 saturated carbocycles. The molecule has 1 fully saturated rings. The Morgan fingerprint density at radius 2 is 2.19 bits per heavy atom. The molecule has 0 aliphatic carbocycles. The maximum atomic E-state index is 12.3. The molecule has 8 nitrogen and oxygen atoms in total. The normalized spacial score (nSPS) is 20.9. The molecule has 1 amide bonds. The fourth-order valence-electron chi connectivity index (χ4n) is 4.94. The highest BCUT2D eigenvalue weighted by atomic mass is 16.5. The first-order valence-electron chi connectivity index (χ1n) is 10.7. The van der Waals surface area contributed by atoms with Crippen molar-refractivity contribution < 1.29 is 14.6 Å². The molecule has 4 aromatic rings. The number of likely N-dealkylation sites (tertiary alicyclic amines) is 1. The largest absolute Gasteiger partial charge is 0.493 e. The topological polar surface area (TPSA) is 95.8 Å². The molecule has 1 saturated heterocycles. The number of benzene rings is 1. The zero-order chi connectivity index (χ0) is 21.1. The van der Waals surface area contributed by atoms with Gasteiger partial charge in [0.15, 0.2) is 5.65 Å². The molecule has 5 heterocycles. The van der Waals surface area contributed by atoms with Gasteiger partial charge >= 0.3 is 0 Å². The fraction of sp³-hybridized carbons (Fsp3) is 0.348. The van der Waals surface area contributed by atoms with Crippen molar-refractivity contribution in [3.8, 4) is 17.0 Å². The van der Waals surface area contributed by atoms with Crippen molar-refractivity contribution in [2.45, 2.75) is 38.3 Å². The lowest BCUT2D eigenvalue weighted by Crippen LogP contribution is -2.30. The lowest BCUT2D eigenvalue weighted by atomic mass is 10.0. The zero-order valence-corrected chi connectivity index (χ0v) is 17.2. The lowest BCUT2D eigenvalue weighted by molar-refractivity contribution is -0.130. The highest BCUT2D eigenvalue weighted by Crippen LogP contribution is 2.38. The number of nitrogens with zero attached hydrogens (tertiary/aromatic N) is 4. The molecular weight excluding hydrogens is 394 g/mol. The Balaban J connectivity index is 1.59. The molecule has 0 radical (unpaired) electrons. The number of aliphatic hydroxyl groups is 1. The van der Waals surface area contributed by atoms with Crippen LogP contribution in [0.5, 0.6) is 5.75 Å². The number of aryl methyl sites for hydroxylation is 1. The highest BCUT2D eigenvalue weighted by molar-refractivity contribution is 5.85. The Hall–Kier alpha value is -3.39. The number of aliphatic hydroxyl groups excluding tert-OH is 1. The van der Waals surface area contributed by atoms with Crippen LogP contribution in [0.15, 0.2) is 36.7 Å². The van der Waals surface area contributed by atoms with Gasteiger partial charge in [-0.25, -0.2) is 9.97 Å². The number of rotatable bonds is 2. The van der Waals surface area contributed by atoms with Crippen molar-refractivity contribution in [1.82, 2.24) is 24.3 Å². The highest BCUT2D eigenvalue weighted by Gasteiger charge is 2.37. The smallest absolute Gasteiger partial charge is 0.220 e. The second-order valence-electron chi connectivity index (χ2n) is 8.36. The Bertz CT molecular complexity index is 1320. The second kappa shape index (κ2) is 6.81. The van der Waals surface area contributed by atoms with Crippen molar-refractivity contribution in [3.05, 3.63) is 48.0 Å². The number of β-amino-alcohol motifs (C(OH)–C–C–N with tert-alkyl or cyclic N) is 1. The van der Waals surface area contributed by atoms with Crippen molar-refractivity contribution in [2.24, 2.45) is 0 Å².